The van der Waals surface area contributed by atoms with Gasteiger partial charge in [-0.1, -0.05) is 17.7 Å². The summed E-state index contributed by atoms with van der Waals surface area (Å²) in [5.74, 6) is 0.320. The van der Waals surface area contributed by atoms with Gasteiger partial charge in [0.2, 0.25) is 0 Å². The normalized spacial score (nSPS) is 18.1. The lowest BCUT2D eigenvalue weighted by molar-refractivity contribution is 0.108. The van der Waals surface area contributed by atoms with Crippen molar-refractivity contribution in [2.75, 3.05) is 12.3 Å². The minimum Gasteiger partial charge on any atom is -0.382 e. The van der Waals surface area contributed by atoms with E-state index in [2.05, 4.69) is 11.2 Å². The highest BCUT2D eigenvalue weighted by molar-refractivity contribution is 6.30. The highest BCUT2D eigenvalue weighted by atomic mass is 35.5. The molecule has 6 heteroatoms. The molecule has 1 aliphatic heterocycles. The van der Waals surface area contributed by atoms with Gasteiger partial charge in [-0.2, -0.15) is 10.4 Å². The van der Waals surface area contributed by atoms with Crippen LogP contribution in [0.1, 0.15) is 30.2 Å². The van der Waals surface area contributed by atoms with Crippen molar-refractivity contribution in [1.29, 1.82) is 5.26 Å². The van der Waals surface area contributed by atoms with Crippen LogP contribution in [0.5, 0.6) is 0 Å². The van der Waals surface area contributed by atoms with E-state index in [1.165, 1.54) is 0 Å². The lowest BCUT2D eigenvalue weighted by Crippen LogP contribution is -2.03. The highest BCUT2D eigenvalue weighted by Gasteiger charge is 2.27. The van der Waals surface area contributed by atoms with Crippen LogP contribution in [-0.4, -0.2) is 16.4 Å². The Balaban J connectivity index is 2.11. The van der Waals surface area contributed by atoms with E-state index in [0.717, 1.165) is 18.5 Å². The third-order valence-corrected chi connectivity index (χ3v) is 3.58. The molecule has 0 aliphatic carbocycles. The molecule has 1 saturated heterocycles. The summed E-state index contributed by atoms with van der Waals surface area (Å²) in [6.07, 6.45) is 1.69. The maximum atomic E-state index is 9.31. The number of ether oxygens (including phenoxy) is 1. The fourth-order valence-corrected chi connectivity index (χ4v) is 2.57. The van der Waals surface area contributed by atoms with Crippen molar-refractivity contribution in [2.24, 2.45) is 0 Å². The number of benzene rings is 1. The Kier molecular flexibility index (Phi) is 3.35. The third-order valence-electron chi connectivity index (χ3n) is 3.35. The zero-order valence-corrected chi connectivity index (χ0v) is 11.5. The third kappa shape index (κ3) is 2.13. The van der Waals surface area contributed by atoms with Crippen molar-refractivity contribution in [2.45, 2.75) is 18.9 Å². The first-order valence-corrected chi connectivity index (χ1v) is 6.74. The molecule has 0 spiro atoms. The molecule has 2 aromatic rings. The molecule has 1 fully saturated rings. The molecule has 0 radical (unpaired) electrons. The Labute approximate surface area is 121 Å². The molecule has 0 saturated carbocycles. The Hall–Kier alpha value is -2.03. The summed E-state index contributed by atoms with van der Waals surface area (Å²) in [7, 11) is 0. The van der Waals surface area contributed by atoms with E-state index in [1.807, 2.05) is 12.1 Å². The van der Waals surface area contributed by atoms with Gasteiger partial charge >= 0.3 is 0 Å². The van der Waals surface area contributed by atoms with Crippen molar-refractivity contribution in [3.05, 3.63) is 40.5 Å². The van der Waals surface area contributed by atoms with Gasteiger partial charge in [-0.15, -0.1) is 0 Å². The molecular formula is C14H13ClN4O. The maximum absolute atomic E-state index is 9.31. The first-order valence-electron chi connectivity index (χ1n) is 6.36. The quantitative estimate of drug-likeness (QED) is 0.922. The fraction of sp³-hybridized carbons (Fsp3) is 0.286. The molecule has 2 N–H and O–H groups in total. The summed E-state index contributed by atoms with van der Waals surface area (Å²) in [6, 6.07) is 9.31. The summed E-state index contributed by atoms with van der Waals surface area (Å²) in [4.78, 5) is 0. The molecule has 1 unspecified atom stereocenters. The summed E-state index contributed by atoms with van der Waals surface area (Å²) in [6.45, 7) is 0.694. The smallest absolute Gasteiger partial charge is 0.145 e. The molecule has 0 bridgehead atoms. The lowest BCUT2D eigenvalue weighted by Gasteiger charge is -2.05. The van der Waals surface area contributed by atoms with E-state index in [0.29, 0.717) is 28.7 Å². The van der Waals surface area contributed by atoms with Crippen LogP contribution in [-0.2, 0) is 4.74 Å². The number of nitriles is 1. The average molecular weight is 289 g/mol. The van der Waals surface area contributed by atoms with Crippen molar-refractivity contribution >= 4 is 17.4 Å². The number of halogens is 1. The largest absolute Gasteiger partial charge is 0.382 e. The summed E-state index contributed by atoms with van der Waals surface area (Å²) in [5, 5.41) is 14.4. The molecule has 20 heavy (non-hydrogen) atoms. The zero-order valence-electron chi connectivity index (χ0n) is 10.7. The van der Waals surface area contributed by atoms with Crippen molar-refractivity contribution in [1.82, 2.24) is 9.78 Å². The van der Waals surface area contributed by atoms with Crippen molar-refractivity contribution in [3.8, 4) is 11.8 Å². The van der Waals surface area contributed by atoms with Crippen LogP contribution in [0.15, 0.2) is 24.3 Å². The second kappa shape index (κ2) is 5.16. The predicted molar refractivity (Wildman–Crippen MR) is 75.6 cm³/mol. The topological polar surface area (TPSA) is 76.9 Å². The van der Waals surface area contributed by atoms with Gasteiger partial charge in [0.15, 0.2) is 0 Å². The molecule has 1 aromatic carbocycles. The van der Waals surface area contributed by atoms with Crippen LogP contribution in [0.3, 0.4) is 0 Å². The van der Waals surface area contributed by atoms with Gasteiger partial charge < -0.3 is 10.5 Å². The second-order valence-corrected chi connectivity index (χ2v) is 5.09. The van der Waals surface area contributed by atoms with E-state index in [4.69, 9.17) is 22.1 Å². The number of aromatic nitrogens is 2. The van der Waals surface area contributed by atoms with Crippen LogP contribution in [0.4, 0.5) is 5.82 Å². The summed E-state index contributed by atoms with van der Waals surface area (Å²) < 4.78 is 7.14. The zero-order chi connectivity index (χ0) is 14.1. The van der Waals surface area contributed by atoms with E-state index >= 15 is 0 Å². The molecule has 1 aromatic heterocycles. The van der Waals surface area contributed by atoms with E-state index in [1.54, 1.807) is 16.8 Å². The van der Waals surface area contributed by atoms with Crippen LogP contribution < -0.4 is 5.73 Å². The number of hydrogen-bond acceptors (Lipinski definition) is 4. The summed E-state index contributed by atoms with van der Waals surface area (Å²) >= 11 is 5.98. The average Bonchev–Trinajstić information content (AvgIpc) is 3.05. The molecule has 3 rings (SSSR count). The highest BCUT2D eigenvalue weighted by Crippen LogP contribution is 2.33. The lowest BCUT2D eigenvalue weighted by atomic mass is 10.1. The van der Waals surface area contributed by atoms with E-state index in [9.17, 15) is 5.26 Å². The molecular weight excluding hydrogens is 276 g/mol. The first kappa shape index (κ1) is 13.0. The van der Waals surface area contributed by atoms with Crippen LogP contribution in [0.25, 0.3) is 5.69 Å². The number of nitrogens with zero attached hydrogens (tertiary/aromatic N) is 3. The standard InChI is InChI=1S/C14H13ClN4O/c15-9-3-1-4-10(7-9)19-14(17)11(8-16)13(18-19)12-5-2-6-20-12/h1,3-4,7,12H,2,5-6,17H2. The Morgan fingerprint density at radius 1 is 1.50 bits per heavy atom. The monoisotopic (exact) mass is 288 g/mol. The molecule has 1 aliphatic rings. The van der Waals surface area contributed by atoms with Crippen LogP contribution in [0, 0.1) is 11.3 Å². The SMILES string of the molecule is N#Cc1c(C2CCCO2)nn(-c2cccc(Cl)c2)c1N. The van der Waals surface area contributed by atoms with Crippen LogP contribution in [0.2, 0.25) is 5.02 Å². The van der Waals surface area contributed by atoms with Gasteiger partial charge in [-0.3, -0.25) is 0 Å². The molecule has 2 heterocycles. The Morgan fingerprint density at radius 3 is 3.00 bits per heavy atom. The number of nitrogen functional groups attached to an aromatic ring is 1. The van der Waals surface area contributed by atoms with Crippen molar-refractivity contribution in [3.63, 3.8) is 0 Å². The molecule has 0 amide bonds. The molecule has 5 nitrogen and oxygen atoms in total. The van der Waals surface area contributed by atoms with Gasteiger partial charge in [0.1, 0.15) is 29.2 Å². The number of hydrogen-bond donors (Lipinski definition) is 1. The first-order chi connectivity index (χ1) is 9.70. The Bertz CT molecular complexity index is 683. The van der Waals surface area contributed by atoms with E-state index in [-0.39, 0.29) is 6.10 Å². The van der Waals surface area contributed by atoms with Crippen LogP contribution >= 0.6 is 11.6 Å². The Morgan fingerprint density at radius 2 is 2.35 bits per heavy atom. The van der Waals surface area contributed by atoms with Gasteiger partial charge in [0.05, 0.1) is 5.69 Å². The van der Waals surface area contributed by atoms with E-state index < -0.39 is 0 Å². The van der Waals surface area contributed by atoms with Crippen molar-refractivity contribution < 1.29 is 4.74 Å². The number of anilines is 1. The number of rotatable bonds is 2. The predicted octanol–water partition coefficient (Wildman–Crippen LogP) is 2.83. The summed E-state index contributed by atoms with van der Waals surface area (Å²) in [5.41, 5.74) is 7.78. The number of nitrogens with two attached hydrogens (primary N) is 1. The minimum absolute atomic E-state index is 0.146. The minimum atomic E-state index is -0.146. The van der Waals surface area contributed by atoms with Gasteiger partial charge in [-0.05, 0) is 31.0 Å². The molecule has 1 atom stereocenters. The second-order valence-electron chi connectivity index (χ2n) is 4.65. The molecule has 102 valence electrons. The van der Waals surface area contributed by atoms with Gasteiger partial charge in [0, 0.05) is 11.6 Å². The van der Waals surface area contributed by atoms with Gasteiger partial charge in [-0.25, -0.2) is 4.68 Å². The van der Waals surface area contributed by atoms with Gasteiger partial charge in [0.25, 0.3) is 0 Å². The fourth-order valence-electron chi connectivity index (χ4n) is 2.39. The maximum Gasteiger partial charge on any atom is 0.145 e.